The van der Waals surface area contributed by atoms with E-state index in [9.17, 15) is 9.00 Å². The highest BCUT2D eigenvalue weighted by molar-refractivity contribution is 7.86. The Kier molecular flexibility index (Phi) is 9.50. The normalized spacial score (nSPS) is 18.1. The first-order valence-corrected chi connectivity index (χ1v) is 14.6. The first kappa shape index (κ1) is 29.6. The number of aliphatic imine (C=N–C) groups is 1. The van der Waals surface area contributed by atoms with E-state index in [1.807, 2.05) is 54.6 Å². The van der Waals surface area contributed by atoms with Crippen molar-refractivity contribution in [2.75, 3.05) is 18.9 Å². The van der Waals surface area contributed by atoms with Crippen LogP contribution in [-0.4, -0.2) is 61.2 Å². The van der Waals surface area contributed by atoms with Gasteiger partial charge in [0.05, 0.1) is 6.20 Å². The van der Waals surface area contributed by atoms with Gasteiger partial charge in [0.15, 0.2) is 0 Å². The smallest absolute Gasteiger partial charge is 0.250 e. The molecule has 3 aromatic rings. The lowest BCUT2D eigenvalue weighted by Gasteiger charge is -2.41. The fourth-order valence-corrected chi connectivity index (χ4v) is 6.79. The molecule has 8 nitrogen and oxygen atoms in total. The van der Waals surface area contributed by atoms with E-state index in [1.54, 1.807) is 30.4 Å². The number of benzene rings is 2. The Morgan fingerprint density at radius 1 is 1.25 bits per heavy atom. The largest absolute Gasteiger partial charge is 0.350 e. The van der Waals surface area contributed by atoms with E-state index >= 15 is 0 Å². The predicted octanol–water partition coefficient (Wildman–Crippen LogP) is 5.62. The van der Waals surface area contributed by atoms with Gasteiger partial charge >= 0.3 is 0 Å². The number of hydrogen-bond donors (Lipinski definition) is 1. The van der Waals surface area contributed by atoms with Crippen molar-refractivity contribution >= 4 is 40.9 Å². The second-order valence-corrected chi connectivity index (χ2v) is 12.2. The molecule has 1 aliphatic heterocycles. The number of carbonyl (C=O) groups is 1. The molecule has 2 unspecified atom stereocenters. The maximum Gasteiger partial charge on any atom is 0.250 e. The van der Waals surface area contributed by atoms with Crippen molar-refractivity contribution in [3.8, 4) is 11.1 Å². The molecule has 2 heterocycles. The lowest BCUT2D eigenvalue weighted by Crippen LogP contribution is -2.55. The van der Waals surface area contributed by atoms with Gasteiger partial charge in [-0.1, -0.05) is 35.9 Å². The number of aromatic nitrogens is 2. The molecule has 2 aromatic carbocycles. The molecule has 0 aliphatic carbocycles. The number of anilines is 1. The molecule has 3 atom stereocenters. The van der Waals surface area contributed by atoms with E-state index in [4.69, 9.17) is 11.6 Å². The number of rotatable bonds is 10. The number of carbonyl (C=O) groups excluding carboxylic acids is 1. The summed E-state index contributed by atoms with van der Waals surface area (Å²) >= 11 is 6.28. The lowest BCUT2D eigenvalue weighted by atomic mass is 9.89. The minimum atomic E-state index is -1.52. The van der Waals surface area contributed by atoms with Crippen LogP contribution in [0.15, 0.2) is 77.4 Å². The van der Waals surface area contributed by atoms with Crippen LogP contribution in [0.1, 0.15) is 37.8 Å². The maximum atomic E-state index is 14.1. The Morgan fingerprint density at radius 3 is 2.55 bits per heavy atom. The first-order chi connectivity index (χ1) is 19.1. The average molecular weight is 579 g/mol. The number of halogens is 1. The average Bonchev–Trinajstić information content (AvgIpc) is 3.37. The van der Waals surface area contributed by atoms with Gasteiger partial charge in [-0.15, -0.1) is 0 Å². The van der Waals surface area contributed by atoms with Crippen LogP contribution < -0.4 is 5.32 Å². The van der Waals surface area contributed by atoms with E-state index in [1.165, 1.54) is 12.5 Å². The highest BCUT2D eigenvalue weighted by Gasteiger charge is 2.42. The quantitative estimate of drug-likeness (QED) is 0.315. The number of amides is 1. The number of hydrogen-bond acceptors (Lipinski definition) is 6. The van der Waals surface area contributed by atoms with E-state index in [0.29, 0.717) is 28.7 Å². The number of aryl methyl sites for hydroxylation is 1. The van der Waals surface area contributed by atoms with E-state index in [-0.39, 0.29) is 11.9 Å². The molecular weight excluding hydrogens is 544 g/mol. The van der Waals surface area contributed by atoms with Crippen LogP contribution in [0.25, 0.3) is 11.1 Å². The fraction of sp³-hybridized carbons (Fsp3) is 0.333. The Hall–Kier alpha value is -3.40. The van der Waals surface area contributed by atoms with E-state index in [0.717, 1.165) is 35.1 Å². The standard InChI is InChI=1S/C30H35ClN6O2S/c1-21-13-26(31)15-27(14-21)35-29(38)30(3,16-23-8-10-24(11-9-23)25-17-33-20-34-18-25)36(5)28(19-32-4)40(39)37-12-6-7-22(37)2/h8-11,13-15,17-20,22H,4,6-7,12,16H2,1-3,5H3,(H,35,38)/b28-19+/t22?,30-,40?/m1/s1. The zero-order valence-electron chi connectivity index (χ0n) is 23.3. The Labute approximate surface area is 243 Å². The molecule has 1 N–H and O–H groups in total. The number of nitrogens with one attached hydrogen (secondary N) is 1. The zero-order valence-corrected chi connectivity index (χ0v) is 24.9. The van der Waals surface area contributed by atoms with Gasteiger partial charge in [0.1, 0.15) is 27.9 Å². The minimum Gasteiger partial charge on any atom is -0.350 e. The van der Waals surface area contributed by atoms with E-state index < -0.39 is 16.5 Å². The van der Waals surface area contributed by atoms with Gasteiger partial charge in [-0.3, -0.25) is 9.79 Å². The van der Waals surface area contributed by atoms with Crippen molar-refractivity contribution < 1.29 is 9.00 Å². The summed E-state index contributed by atoms with van der Waals surface area (Å²) in [7, 11) is 0.261. The van der Waals surface area contributed by atoms with Gasteiger partial charge in [0.2, 0.25) is 5.91 Å². The van der Waals surface area contributed by atoms with Crippen LogP contribution in [-0.2, 0) is 22.2 Å². The van der Waals surface area contributed by atoms with E-state index in [2.05, 4.69) is 33.9 Å². The molecule has 210 valence electrons. The van der Waals surface area contributed by atoms with Gasteiger partial charge in [-0.25, -0.2) is 18.5 Å². The van der Waals surface area contributed by atoms with Crippen molar-refractivity contribution in [1.82, 2.24) is 19.2 Å². The van der Waals surface area contributed by atoms with Crippen LogP contribution in [0.2, 0.25) is 5.02 Å². The molecule has 0 bridgehead atoms. The lowest BCUT2D eigenvalue weighted by molar-refractivity contribution is -0.125. The molecule has 40 heavy (non-hydrogen) atoms. The summed E-state index contributed by atoms with van der Waals surface area (Å²) in [5.74, 6) is -0.265. The summed E-state index contributed by atoms with van der Waals surface area (Å²) in [5, 5.41) is 4.00. The molecular formula is C30H35ClN6O2S. The summed E-state index contributed by atoms with van der Waals surface area (Å²) < 4.78 is 15.8. The maximum absolute atomic E-state index is 14.1. The van der Waals surface area contributed by atoms with Crippen LogP contribution >= 0.6 is 11.6 Å². The van der Waals surface area contributed by atoms with Crippen LogP contribution in [0.3, 0.4) is 0 Å². The van der Waals surface area contributed by atoms with Crippen molar-refractivity contribution in [2.45, 2.75) is 51.6 Å². The van der Waals surface area contributed by atoms with Crippen LogP contribution in [0, 0.1) is 6.92 Å². The molecule has 4 rings (SSSR count). The van der Waals surface area contributed by atoms with Gasteiger partial charge in [0.25, 0.3) is 0 Å². The molecule has 1 aliphatic rings. The van der Waals surface area contributed by atoms with Crippen molar-refractivity contribution in [1.29, 1.82) is 0 Å². The molecule has 1 fully saturated rings. The highest BCUT2D eigenvalue weighted by Crippen LogP contribution is 2.31. The summed E-state index contributed by atoms with van der Waals surface area (Å²) in [6, 6.07) is 13.5. The van der Waals surface area contributed by atoms with Crippen LogP contribution in [0.5, 0.6) is 0 Å². The van der Waals surface area contributed by atoms with Crippen LogP contribution in [0.4, 0.5) is 5.69 Å². The zero-order chi connectivity index (χ0) is 28.9. The van der Waals surface area contributed by atoms with Gasteiger partial charge < -0.3 is 10.2 Å². The molecule has 0 spiro atoms. The van der Waals surface area contributed by atoms with Crippen molar-refractivity contribution in [3.05, 3.63) is 88.6 Å². The van der Waals surface area contributed by atoms with Crippen molar-refractivity contribution in [2.24, 2.45) is 4.99 Å². The monoisotopic (exact) mass is 578 g/mol. The van der Waals surface area contributed by atoms with Gasteiger partial charge in [0, 0.05) is 54.7 Å². The second kappa shape index (κ2) is 12.8. The molecule has 1 aromatic heterocycles. The van der Waals surface area contributed by atoms with Gasteiger partial charge in [-0.05, 0) is 75.2 Å². The number of nitrogens with zero attached hydrogens (tertiary/aromatic N) is 5. The third kappa shape index (κ3) is 6.66. The second-order valence-electron chi connectivity index (χ2n) is 10.3. The number of likely N-dealkylation sites (N-methyl/N-ethyl adjacent to an activating group) is 1. The molecule has 10 heteroatoms. The SMILES string of the molecule is C=N/C=C(\N(C)[C@](C)(Cc1ccc(-c2cncnc2)cc1)C(=O)Nc1cc(C)cc(Cl)c1)S(=O)N1CCCC1C. The topological polar surface area (TPSA) is 90.8 Å². The molecule has 0 saturated carbocycles. The third-order valence-electron chi connectivity index (χ3n) is 7.34. The summed E-state index contributed by atoms with van der Waals surface area (Å²) in [5.41, 5.74) is 3.18. The molecule has 0 radical (unpaired) electrons. The highest BCUT2D eigenvalue weighted by atomic mass is 35.5. The minimum absolute atomic E-state index is 0.159. The molecule has 1 amide bonds. The fourth-order valence-electron chi connectivity index (χ4n) is 4.93. The van der Waals surface area contributed by atoms with Gasteiger partial charge in [-0.2, -0.15) is 0 Å². The summed E-state index contributed by atoms with van der Waals surface area (Å²) in [6.45, 7) is 10.2. The summed E-state index contributed by atoms with van der Waals surface area (Å²) in [4.78, 5) is 28.1. The Morgan fingerprint density at radius 2 is 1.95 bits per heavy atom. The third-order valence-corrected chi connectivity index (χ3v) is 9.27. The Bertz CT molecular complexity index is 1400. The van der Waals surface area contributed by atoms with Crippen molar-refractivity contribution in [3.63, 3.8) is 0 Å². The Balaban J connectivity index is 1.70. The first-order valence-electron chi connectivity index (χ1n) is 13.1. The molecule has 1 saturated heterocycles. The predicted molar refractivity (Wildman–Crippen MR) is 163 cm³/mol. The summed E-state index contributed by atoms with van der Waals surface area (Å²) in [6.07, 6.45) is 8.78.